The summed E-state index contributed by atoms with van der Waals surface area (Å²) in [5, 5.41) is 0. The zero-order valence-electron chi connectivity index (χ0n) is 21.3. The number of hydrogen-bond donors (Lipinski definition) is 0. The van der Waals surface area contributed by atoms with Crippen LogP contribution in [-0.4, -0.2) is 24.1 Å². The van der Waals surface area contributed by atoms with Gasteiger partial charge in [-0.1, -0.05) is 66.2 Å². The second-order valence-corrected chi connectivity index (χ2v) is 10.1. The van der Waals surface area contributed by atoms with Crippen LogP contribution in [0.3, 0.4) is 0 Å². The number of ether oxygens (including phenoxy) is 2. The Bertz CT molecular complexity index is 591. The maximum atomic E-state index is 12.4. The topological polar surface area (TPSA) is 52.6 Å². The number of unbranched alkanes of at least 4 members (excludes halogenated alkanes) is 4. The minimum absolute atomic E-state index is 0.104. The lowest BCUT2D eigenvalue weighted by Gasteiger charge is -2.15. The Hall–Kier alpha value is -1.84. The van der Waals surface area contributed by atoms with Gasteiger partial charge < -0.3 is 9.47 Å². The van der Waals surface area contributed by atoms with E-state index in [-0.39, 0.29) is 24.1 Å². The summed E-state index contributed by atoms with van der Waals surface area (Å²) >= 11 is 0. The molecule has 0 spiro atoms. The Morgan fingerprint density at radius 2 is 0.875 bits per heavy atom. The monoisotopic (exact) mass is 446 g/mol. The first kappa shape index (κ1) is 28.2. The van der Waals surface area contributed by atoms with Gasteiger partial charge in [-0.15, -0.1) is 0 Å². The smallest absolute Gasteiger partial charge is 0.338 e. The Labute approximate surface area is 196 Å². The highest BCUT2D eigenvalue weighted by molar-refractivity contribution is 5.93. The number of carbonyl (C=O) groups is 2. The molecule has 0 fully saturated rings. The highest BCUT2D eigenvalue weighted by Crippen LogP contribution is 2.16. The third kappa shape index (κ3) is 12.9. The van der Waals surface area contributed by atoms with Crippen molar-refractivity contribution in [3.05, 3.63) is 35.4 Å². The summed E-state index contributed by atoms with van der Waals surface area (Å²) in [7, 11) is 0. The van der Waals surface area contributed by atoms with E-state index < -0.39 is 0 Å². The lowest BCUT2D eigenvalue weighted by Crippen LogP contribution is -2.16. The molecule has 0 aromatic heterocycles. The van der Waals surface area contributed by atoms with Gasteiger partial charge in [-0.3, -0.25) is 0 Å². The van der Waals surface area contributed by atoms with Gasteiger partial charge in [-0.2, -0.15) is 0 Å². The standard InChI is InChI=1S/C28H46O4/c1-21(2)13-9-7-11-15-23(5)31-27(29)25-17-19-26(20-18-25)28(30)32-24(6)16-12-8-10-14-22(3)4/h17-24H,7-16H2,1-6H3. The van der Waals surface area contributed by atoms with Gasteiger partial charge in [-0.25, -0.2) is 9.59 Å². The van der Waals surface area contributed by atoms with Crippen LogP contribution in [-0.2, 0) is 9.47 Å². The molecule has 0 aliphatic heterocycles. The van der Waals surface area contributed by atoms with Gasteiger partial charge in [0.05, 0.1) is 23.3 Å². The van der Waals surface area contributed by atoms with E-state index in [4.69, 9.17) is 9.47 Å². The van der Waals surface area contributed by atoms with E-state index in [1.165, 1.54) is 38.5 Å². The fourth-order valence-corrected chi connectivity index (χ4v) is 3.68. The fourth-order valence-electron chi connectivity index (χ4n) is 3.68. The minimum Gasteiger partial charge on any atom is -0.459 e. The molecular weight excluding hydrogens is 400 g/mol. The molecule has 1 aromatic rings. The summed E-state index contributed by atoms with van der Waals surface area (Å²) in [6.07, 6.45) is 11.0. The Morgan fingerprint density at radius 3 is 1.19 bits per heavy atom. The Kier molecular flexibility index (Phi) is 14.0. The van der Waals surface area contributed by atoms with E-state index in [0.717, 1.165) is 37.5 Å². The quantitative estimate of drug-likeness (QED) is 0.191. The summed E-state index contributed by atoms with van der Waals surface area (Å²) in [5.74, 6) is 0.810. The third-order valence-corrected chi connectivity index (χ3v) is 5.76. The molecule has 4 heteroatoms. The third-order valence-electron chi connectivity index (χ3n) is 5.76. The van der Waals surface area contributed by atoms with Crippen LogP contribution in [0.15, 0.2) is 24.3 Å². The highest BCUT2D eigenvalue weighted by atomic mass is 16.5. The van der Waals surface area contributed by atoms with E-state index in [9.17, 15) is 9.59 Å². The van der Waals surface area contributed by atoms with E-state index in [2.05, 4.69) is 27.7 Å². The lowest BCUT2D eigenvalue weighted by molar-refractivity contribution is 0.0303. The van der Waals surface area contributed by atoms with Crippen LogP contribution in [0.5, 0.6) is 0 Å². The van der Waals surface area contributed by atoms with Crippen LogP contribution in [0.4, 0.5) is 0 Å². The average molecular weight is 447 g/mol. The van der Waals surface area contributed by atoms with Crippen LogP contribution in [0.1, 0.15) is 126 Å². The first-order valence-electron chi connectivity index (χ1n) is 12.7. The Balaban J connectivity index is 2.34. The van der Waals surface area contributed by atoms with E-state index >= 15 is 0 Å². The van der Waals surface area contributed by atoms with Crippen LogP contribution in [0.25, 0.3) is 0 Å². The van der Waals surface area contributed by atoms with Crippen molar-refractivity contribution < 1.29 is 19.1 Å². The molecule has 2 unspecified atom stereocenters. The second-order valence-electron chi connectivity index (χ2n) is 10.1. The van der Waals surface area contributed by atoms with Crippen LogP contribution >= 0.6 is 0 Å². The SMILES string of the molecule is CC(C)CCCCCC(C)OC(=O)c1ccc(C(=O)OC(C)CCCCCC(C)C)cc1. The molecule has 0 bridgehead atoms. The van der Waals surface area contributed by atoms with Gasteiger partial charge in [0.15, 0.2) is 0 Å². The number of carbonyl (C=O) groups excluding carboxylic acids is 2. The maximum absolute atomic E-state index is 12.4. The second kappa shape index (κ2) is 15.9. The van der Waals surface area contributed by atoms with Crippen molar-refractivity contribution in [2.24, 2.45) is 11.8 Å². The molecule has 0 radical (unpaired) electrons. The first-order chi connectivity index (χ1) is 15.2. The number of esters is 2. The lowest BCUT2D eigenvalue weighted by atomic mass is 10.0. The van der Waals surface area contributed by atoms with Gasteiger partial charge in [0.2, 0.25) is 0 Å². The molecule has 0 saturated carbocycles. The first-order valence-corrected chi connectivity index (χ1v) is 12.7. The van der Waals surface area contributed by atoms with Crippen molar-refractivity contribution in [3.63, 3.8) is 0 Å². The van der Waals surface area contributed by atoms with Crippen molar-refractivity contribution in [1.82, 2.24) is 0 Å². The van der Waals surface area contributed by atoms with Crippen molar-refractivity contribution in [3.8, 4) is 0 Å². The minimum atomic E-state index is -0.339. The van der Waals surface area contributed by atoms with Gasteiger partial charge in [0.25, 0.3) is 0 Å². The predicted octanol–water partition coefficient (Wildman–Crippen LogP) is 7.99. The van der Waals surface area contributed by atoms with E-state index in [1.54, 1.807) is 24.3 Å². The number of rotatable bonds is 16. The number of benzene rings is 1. The van der Waals surface area contributed by atoms with E-state index in [0.29, 0.717) is 11.1 Å². The molecule has 1 aromatic carbocycles. The summed E-state index contributed by atoms with van der Waals surface area (Å²) < 4.78 is 11.1. The maximum Gasteiger partial charge on any atom is 0.338 e. The fraction of sp³-hybridized carbons (Fsp3) is 0.714. The van der Waals surface area contributed by atoms with Gasteiger partial charge in [-0.05, 0) is 75.6 Å². The van der Waals surface area contributed by atoms with Gasteiger partial charge >= 0.3 is 11.9 Å². The molecule has 1 rings (SSSR count). The molecule has 0 aliphatic carbocycles. The van der Waals surface area contributed by atoms with E-state index in [1.807, 2.05) is 13.8 Å². The molecule has 0 N–H and O–H groups in total. The summed E-state index contributed by atoms with van der Waals surface area (Å²) in [5.41, 5.74) is 0.929. The van der Waals surface area contributed by atoms with Crippen molar-refractivity contribution in [2.45, 2.75) is 118 Å². The van der Waals surface area contributed by atoms with Crippen molar-refractivity contribution in [1.29, 1.82) is 0 Å². The highest BCUT2D eigenvalue weighted by Gasteiger charge is 2.15. The molecule has 182 valence electrons. The molecule has 0 aliphatic rings. The van der Waals surface area contributed by atoms with Crippen LogP contribution < -0.4 is 0 Å². The molecule has 0 saturated heterocycles. The zero-order valence-corrected chi connectivity index (χ0v) is 21.3. The normalized spacial score (nSPS) is 13.2. The molecule has 4 nitrogen and oxygen atoms in total. The molecule has 32 heavy (non-hydrogen) atoms. The molecule has 2 atom stereocenters. The Morgan fingerprint density at radius 1 is 0.562 bits per heavy atom. The van der Waals surface area contributed by atoms with Crippen LogP contribution in [0.2, 0.25) is 0 Å². The largest absolute Gasteiger partial charge is 0.459 e. The summed E-state index contributed by atoms with van der Waals surface area (Å²) in [4.78, 5) is 24.7. The molecule has 0 heterocycles. The van der Waals surface area contributed by atoms with Crippen molar-refractivity contribution >= 4 is 11.9 Å². The van der Waals surface area contributed by atoms with Gasteiger partial charge in [0, 0.05) is 0 Å². The van der Waals surface area contributed by atoms with Gasteiger partial charge in [0.1, 0.15) is 0 Å². The van der Waals surface area contributed by atoms with Crippen LogP contribution in [0, 0.1) is 11.8 Å². The number of hydrogen-bond acceptors (Lipinski definition) is 4. The van der Waals surface area contributed by atoms with Crippen molar-refractivity contribution in [2.75, 3.05) is 0 Å². The zero-order chi connectivity index (χ0) is 23.9. The predicted molar refractivity (Wildman–Crippen MR) is 132 cm³/mol. The average Bonchev–Trinajstić information content (AvgIpc) is 2.72. The molecule has 0 amide bonds. The summed E-state index contributed by atoms with van der Waals surface area (Å²) in [6, 6.07) is 6.57. The molecular formula is C28H46O4. The summed E-state index contributed by atoms with van der Waals surface area (Å²) in [6.45, 7) is 12.8.